The lowest BCUT2D eigenvalue weighted by molar-refractivity contribution is -0.116. The average molecular weight is 509 g/mol. The number of nitriles is 1. The summed E-state index contributed by atoms with van der Waals surface area (Å²) in [5, 5.41) is 18.2. The van der Waals surface area contributed by atoms with Crippen molar-refractivity contribution >= 4 is 27.5 Å². The van der Waals surface area contributed by atoms with Crippen LogP contribution in [0.15, 0.2) is 64.7 Å². The molecule has 4 rings (SSSR count). The van der Waals surface area contributed by atoms with Gasteiger partial charge in [-0.05, 0) is 43.4 Å². The number of nitrogens with one attached hydrogen (secondary N) is 1. The van der Waals surface area contributed by atoms with Crippen molar-refractivity contribution in [2.75, 3.05) is 51.2 Å². The van der Waals surface area contributed by atoms with Gasteiger partial charge in [0.2, 0.25) is 10.0 Å². The van der Waals surface area contributed by atoms with Crippen LogP contribution in [0.4, 0.5) is 5.69 Å². The number of rotatable bonds is 5. The van der Waals surface area contributed by atoms with Crippen molar-refractivity contribution in [2.45, 2.75) is 11.3 Å². The fraction of sp³-hybridized carbons (Fsp3) is 0.320. The summed E-state index contributed by atoms with van der Waals surface area (Å²) in [7, 11) is -1.87. The molecule has 2 aliphatic heterocycles. The molecule has 0 aliphatic carbocycles. The van der Waals surface area contributed by atoms with Crippen LogP contribution in [0, 0.1) is 11.3 Å². The molecule has 1 fully saturated rings. The third-order valence-electron chi connectivity index (χ3n) is 6.55. The molecule has 2 aromatic rings. The highest BCUT2D eigenvalue weighted by atomic mass is 32.2. The zero-order chi connectivity index (χ0) is 25.9. The Kier molecular flexibility index (Phi) is 7.40. The Morgan fingerprint density at radius 2 is 1.72 bits per heavy atom. The Hall–Kier alpha value is -3.72. The van der Waals surface area contributed by atoms with Crippen molar-refractivity contribution in [1.82, 2.24) is 14.5 Å². The van der Waals surface area contributed by atoms with Gasteiger partial charge in [0.15, 0.2) is 0 Å². The van der Waals surface area contributed by atoms with Crippen LogP contribution in [0.3, 0.4) is 0 Å². The number of amides is 1. The Bertz CT molecular complexity index is 1340. The van der Waals surface area contributed by atoms with Crippen LogP contribution < -0.4 is 21.4 Å². The van der Waals surface area contributed by atoms with Gasteiger partial charge in [-0.1, -0.05) is 12.1 Å². The summed E-state index contributed by atoms with van der Waals surface area (Å²) in [4.78, 5) is 17.3. The molecule has 0 radical (unpaired) electrons. The zero-order valence-corrected chi connectivity index (χ0v) is 21.0. The number of sulfonamides is 1. The van der Waals surface area contributed by atoms with Crippen molar-refractivity contribution < 1.29 is 18.6 Å². The first-order chi connectivity index (χ1) is 17.2. The van der Waals surface area contributed by atoms with Crippen molar-refractivity contribution in [3.63, 3.8) is 0 Å². The van der Waals surface area contributed by atoms with Crippen LogP contribution in [0.1, 0.15) is 22.3 Å². The summed E-state index contributed by atoms with van der Waals surface area (Å²) in [5.74, 6) is -0.401. The van der Waals surface area contributed by atoms with E-state index in [2.05, 4.69) is 22.2 Å². The molecule has 36 heavy (non-hydrogen) atoms. The van der Waals surface area contributed by atoms with Gasteiger partial charge in [-0.15, -0.1) is 0 Å². The molecular weight excluding hydrogens is 478 g/mol. The van der Waals surface area contributed by atoms with Gasteiger partial charge in [0, 0.05) is 57.1 Å². The Balaban J connectivity index is 1.44. The summed E-state index contributed by atoms with van der Waals surface area (Å²) < 4.78 is 27.7. The summed E-state index contributed by atoms with van der Waals surface area (Å²) in [5.41, 5.74) is 8.46. The van der Waals surface area contributed by atoms with Gasteiger partial charge >= 0.3 is 5.91 Å². The molecule has 0 atom stereocenters. The van der Waals surface area contributed by atoms with Crippen LogP contribution >= 0.6 is 0 Å². The maximum atomic E-state index is 13.2. The summed E-state index contributed by atoms with van der Waals surface area (Å²) in [6.07, 6.45) is 0.250. The van der Waals surface area contributed by atoms with E-state index in [1.54, 1.807) is 24.3 Å². The van der Waals surface area contributed by atoms with Crippen LogP contribution in [0.2, 0.25) is 0 Å². The van der Waals surface area contributed by atoms with Gasteiger partial charge in [-0.2, -0.15) is 9.57 Å². The maximum Gasteiger partial charge on any atom is 0.338 e. The van der Waals surface area contributed by atoms with E-state index >= 15 is 0 Å². The number of anilines is 1. The van der Waals surface area contributed by atoms with Gasteiger partial charge in [-0.25, -0.2) is 18.5 Å². The quantitative estimate of drug-likeness (QED) is 0.364. The predicted octanol–water partition coefficient (Wildman–Crippen LogP) is -0.495. The molecule has 11 heteroatoms. The number of amidine groups is 1. The van der Waals surface area contributed by atoms with E-state index < -0.39 is 15.9 Å². The topological polar surface area (TPSA) is 148 Å². The number of carbonyl (C=O) groups excluding carboxylic acids is 1. The van der Waals surface area contributed by atoms with E-state index in [1.165, 1.54) is 16.4 Å². The molecule has 1 saturated heterocycles. The molecule has 0 bridgehead atoms. The molecule has 0 spiro atoms. The standard InChI is InChI=1S/C25H29N7O3S/c1-30-12-14-31(15-13-30)20-8-6-18(7-9-20)25(33)29-24(28)21-17-32(11-10-22(21)27)36(34,35)23-5-3-2-4-19(23)16-26/h2-9H,10-15,17,27H2,1H3,(H2,28,29,33)/p+1. The molecular formula is C25H30N7O3S+. The third-order valence-corrected chi connectivity index (χ3v) is 8.45. The molecule has 2 heterocycles. The van der Waals surface area contributed by atoms with Crippen molar-refractivity contribution in [1.29, 1.82) is 5.26 Å². The maximum absolute atomic E-state index is 13.2. The number of nitrogens with two attached hydrogens (primary N) is 2. The second kappa shape index (κ2) is 10.5. The predicted molar refractivity (Wildman–Crippen MR) is 136 cm³/mol. The minimum Gasteiger partial charge on any atom is -0.401 e. The second-order valence-electron chi connectivity index (χ2n) is 8.91. The van der Waals surface area contributed by atoms with Gasteiger partial charge in [-0.3, -0.25) is 5.41 Å². The first kappa shape index (κ1) is 25.4. The first-order valence-electron chi connectivity index (χ1n) is 11.6. The van der Waals surface area contributed by atoms with E-state index in [9.17, 15) is 18.5 Å². The smallest absolute Gasteiger partial charge is 0.338 e. The Morgan fingerprint density at radius 3 is 2.39 bits per heavy atom. The largest absolute Gasteiger partial charge is 0.401 e. The lowest BCUT2D eigenvalue weighted by Crippen LogP contribution is -2.55. The number of piperazine rings is 1. The van der Waals surface area contributed by atoms with Crippen molar-refractivity contribution in [2.24, 2.45) is 5.73 Å². The lowest BCUT2D eigenvalue weighted by atomic mass is 10.1. The highest BCUT2D eigenvalue weighted by molar-refractivity contribution is 7.89. The number of hydrogen-bond acceptors (Lipinski definition) is 7. The van der Waals surface area contributed by atoms with Crippen LogP contribution in [0.25, 0.3) is 0 Å². The number of likely N-dealkylation sites (N-methyl/N-ethyl adjacent to an activating group) is 1. The van der Waals surface area contributed by atoms with E-state index in [4.69, 9.17) is 11.1 Å². The molecule has 0 unspecified atom stereocenters. The number of nitrogens with zero attached hydrogens (tertiary/aromatic N) is 4. The summed E-state index contributed by atoms with van der Waals surface area (Å²) in [6, 6.07) is 15.2. The Labute approximate surface area is 211 Å². The monoisotopic (exact) mass is 508 g/mol. The van der Waals surface area contributed by atoms with Crippen molar-refractivity contribution in [3.8, 4) is 6.07 Å². The van der Waals surface area contributed by atoms with E-state index in [0.717, 1.165) is 31.9 Å². The highest BCUT2D eigenvalue weighted by Crippen LogP contribution is 2.25. The van der Waals surface area contributed by atoms with Crippen LogP contribution in [-0.2, 0) is 10.0 Å². The molecule has 188 valence electrons. The van der Waals surface area contributed by atoms with E-state index in [-0.39, 0.29) is 35.8 Å². The molecule has 10 nitrogen and oxygen atoms in total. The second-order valence-corrected chi connectivity index (χ2v) is 10.8. The molecule has 1 amide bonds. The van der Waals surface area contributed by atoms with Gasteiger partial charge in [0.1, 0.15) is 6.07 Å². The van der Waals surface area contributed by atoms with Gasteiger partial charge in [0.25, 0.3) is 5.84 Å². The molecule has 5 N–H and O–H groups in total. The average Bonchev–Trinajstić information content (AvgIpc) is 2.89. The minimum absolute atomic E-state index is 0.00844. The van der Waals surface area contributed by atoms with Gasteiger partial charge in [0.05, 0.1) is 21.6 Å². The molecule has 2 aliphatic rings. The van der Waals surface area contributed by atoms with E-state index in [0.29, 0.717) is 16.8 Å². The number of hydrogen-bond donors (Lipinski definition) is 3. The molecule has 2 aromatic carbocycles. The van der Waals surface area contributed by atoms with Crippen LogP contribution in [0.5, 0.6) is 0 Å². The molecule has 0 saturated carbocycles. The SMILES string of the molecule is CN1CCN(c2ccc(C(=O)NC(=[NH2+])C3=C(N)CCN(S(=O)(=O)c4ccccc4C#N)C3)cc2)CC1. The minimum atomic E-state index is -3.96. The third kappa shape index (κ3) is 5.26. The van der Waals surface area contributed by atoms with Gasteiger partial charge < -0.3 is 15.5 Å². The Morgan fingerprint density at radius 1 is 1.06 bits per heavy atom. The zero-order valence-electron chi connectivity index (χ0n) is 20.1. The van der Waals surface area contributed by atoms with E-state index in [1.807, 2.05) is 18.2 Å². The van der Waals surface area contributed by atoms with Crippen molar-refractivity contribution in [3.05, 3.63) is 70.9 Å². The summed E-state index contributed by atoms with van der Waals surface area (Å²) >= 11 is 0. The number of carbonyl (C=O) groups is 1. The fourth-order valence-corrected chi connectivity index (χ4v) is 5.85. The number of benzene rings is 2. The normalized spacial score (nSPS) is 17.5. The molecule has 0 aromatic heterocycles. The lowest BCUT2D eigenvalue weighted by Gasteiger charge is -2.34. The summed E-state index contributed by atoms with van der Waals surface area (Å²) in [6.45, 7) is 3.86. The fourth-order valence-electron chi connectivity index (χ4n) is 4.30. The highest BCUT2D eigenvalue weighted by Gasteiger charge is 2.34. The first-order valence-corrected chi connectivity index (χ1v) is 13.1. The van der Waals surface area contributed by atoms with Crippen LogP contribution in [-0.4, -0.2) is 75.7 Å².